The summed E-state index contributed by atoms with van der Waals surface area (Å²) in [6.45, 7) is 3.15. The van der Waals surface area contributed by atoms with E-state index >= 15 is 0 Å². The summed E-state index contributed by atoms with van der Waals surface area (Å²) in [6, 6.07) is 8.66. The highest BCUT2D eigenvalue weighted by atomic mass is 127. The predicted octanol–water partition coefficient (Wildman–Crippen LogP) is 6.62. The topological polar surface area (TPSA) is 12.0 Å². The largest absolute Gasteiger partial charge is 0.306 e. The Morgan fingerprint density at radius 1 is 1.35 bits per heavy atom. The number of hydrogen-bond donors (Lipinski definition) is 1. The van der Waals surface area contributed by atoms with Gasteiger partial charge in [-0.3, -0.25) is 0 Å². The van der Waals surface area contributed by atoms with Crippen molar-refractivity contribution in [1.82, 2.24) is 5.32 Å². The summed E-state index contributed by atoms with van der Waals surface area (Å²) < 4.78 is 4.11. The maximum atomic E-state index is 6.20. The average Bonchev–Trinajstić information content (AvgIpc) is 2.74. The van der Waals surface area contributed by atoms with Gasteiger partial charge < -0.3 is 5.32 Å². The zero-order chi connectivity index (χ0) is 14.7. The zero-order valence-corrected chi connectivity index (χ0v) is 17.6. The summed E-state index contributed by atoms with van der Waals surface area (Å²) in [6.07, 6.45) is 1.10. The van der Waals surface area contributed by atoms with Crippen molar-refractivity contribution < 1.29 is 0 Å². The fourth-order valence-electron chi connectivity index (χ4n) is 1.89. The van der Waals surface area contributed by atoms with Crippen LogP contribution >= 0.6 is 77.4 Å². The summed E-state index contributed by atoms with van der Waals surface area (Å²) in [7, 11) is 0. The van der Waals surface area contributed by atoms with E-state index < -0.39 is 0 Å². The molecule has 0 aliphatic rings. The van der Waals surface area contributed by atoms with Crippen LogP contribution in [0.15, 0.2) is 33.2 Å². The van der Waals surface area contributed by atoms with Crippen LogP contribution in [0.1, 0.15) is 29.8 Å². The first-order chi connectivity index (χ1) is 9.52. The fourth-order valence-corrected chi connectivity index (χ4v) is 4.75. The maximum Gasteiger partial charge on any atom is 0.107 e. The molecule has 20 heavy (non-hydrogen) atoms. The summed E-state index contributed by atoms with van der Waals surface area (Å²) >= 11 is 17.3. The van der Waals surface area contributed by atoms with E-state index in [0.29, 0.717) is 0 Å². The van der Waals surface area contributed by atoms with E-state index in [9.17, 15) is 0 Å². The van der Waals surface area contributed by atoms with Crippen LogP contribution in [-0.4, -0.2) is 6.54 Å². The molecule has 1 nitrogen and oxygen atoms in total. The van der Waals surface area contributed by atoms with E-state index in [1.54, 1.807) is 11.3 Å². The minimum absolute atomic E-state index is 0.174. The Hall–Kier alpha value is 0.860. The van der Waals surface area contributed by atoms with Crippen molar-refractivity contribution in [1.29, 1.82) is 0 Å². The van der Waals surface area contributed by atoms with Gasteiger partial charge in [-0.25, -0.2) is 0 Å². The lowest BCUT2D eigenvalue weighted by Crippen LogP contribution is -2.23. The molecule has 0 spiro atoms. The van der Waals surface area contributed by atoms with Crippen molar-refractivity contribution in [2.75, 3.05) is 6.54 Å². The molecular weight excluding hydrogens is 536 g/mol. The number of nitrogens with one attached hydrogen (secondary N) is 1. The number of hydrogen-bond acceptors (Lipinski definition) is 2. The molecule has 0 saturated carbocycles. The van der Waals surface area contributed by atoms with Gasteiger partial charge in [-0.05, 0) is 81.3 Å². The van der Waals surface area contributed by atoms with E-state index in [1.165, 1.54) is 14.0 Å². The summed E-state index contributed by atoms with van der Waals surface area (Å²) in [4.78, 5) is 1.23. The third-order valence-corrected chi connectivity index (χ3v) is 6.83. The highest BCUT2D eigenvalue weighted by Gasteiger charge is 2.20. The molecule has 0 amide bonds. The monoisotopic (exact) mass is 547 g/mol. The molecule has 0 aliphatic carbocycles. The Kier molecular flexibility index (Phi) is 6.82. The van der Waals surface area contributed by atoms with Gasteiger partial charge in [-0.2, -0.15) is 0 Å². The highest BCUT2D eigenvalue weighted by Crippen LogP contribution is 2.38. The molecule has 2 rings (SSSR count). The van der Waals surface area contributed by atoms with Gasteiger partial charge in [0.25, 0.3) is 0 Å². The molecule has 0 fully saturated rings. The van der Waals surface area contributed by atoms with E-state index in [4.69, 9.17) is 11.6 Å². The highest BCUT2D eigenvalue weighted by molar-refractivity contribution is 14.1. The van der Waals surface area contributed by atoms with E-state index in [2.05, 4.69) is 91.0 Å². The van der Waals surface area contributed by atoms with Crippen LogP contribution in [0.5, 0.6) is 0 Å². The maximum absolute atomic E-state index is 6.20. The Morgan fingerprint density at radius 2 is 2.10 bits per heavy atom. The van der Waals surface area contributed by atoms with E-state index in [0.717, 1.165) is 26.2 Å². The summed E-state index contributed by atoms with van der Waals surface area (Å²) in [5.41, 5.74) is 1.28. The fraction of sp³-hybridized carbons (Fsp3) is 0.286. The van der Waals surface area contributed by atoms with Gasteiger partial charge in [-0.15, -0.1) is 11.3 Å². The molecule has 108 valence electrons. The van der Waals surface area contributed by atoms with E-state index in [1.807, 2.05) is 0 Å². The van der Waals surface area contributed by atoms with Gasteiger partial charge in [0.1, 0.15) is 4.34 Å². The zero-order valence-electron chi connectivity index (χ0n) is 10.7. The number of halogens is 4. The predicted molar refractivity (Wildman–Crippen MR) is 104 cm³/mol. The second-order valence-electron chi connectivity index (χ2n) is 4.32. The molecule has 0 radical (unpaired) electrons. The quantitative estimate of drug-likeness (QED) is 0.414. The van der Waals surface area contributed by atoms with Crippen molar-refractivity contribution in [3.8, 4) is 0 Å². The van der Waals surface area contributed by atoms with Crippen LogP contribution in [0.2, 0.25) is 4.34 Å². The smallest absolute Gasteiger partial charge is 0.107 e. The van der Waals surface area contributed by atoms with Gasteiger partial charge in [0, 0.05) is 17.4 Å². The van der Waals surface area contributed by atoms with E-state index in [-0.39, 0.29) is 6.04 Å². The third kappa shape index (κ3) is 4.20. The lowest BCUT2D eigenvalue weighted by molar-refractivity contribution is 0.603. The van der Waals surface area contributed by atoms with Crippen molar-refractivity contribution >= 4 is 77.4 Å². The number of rotatable bonds is 5. The molecular formula is C14H13Br2ClINS. The molecule has 2 aromatic rings. The van der Waals surface area contributed by atoms with Gasteiger partial charge in [-0.1, -0.05) is 34.5 Å². The number of benzene rings is 1. The van der Waals surface area contributed by atoms with Gasteiger partial charge in [0.15, 0.2) is 0 Å². The molecule has 1 atom stereocenters. The molecule has 0 saturated heterocycles. The van der Waals surface area contributed by atoms with Gasteiger partial charge >= 0.3 is 0 Å². The lowest BCUT2D eigenvalue weighted by Gasteiger charge is -2.19. The van der Waals surface area contributed by atoms with Crippen LogP contribution in [0.3, 0.4) is 0 Å². The minimum Gasteiger partial charge on any atom is -0.306 e. The SMILES string of the molecule is CCCNC(c1cc(Br)c(Cl)s1)c1cc(Br)ccc1I. The van der Waals surface area contributed by atoms with Crippen molar-refractivity contribution in [2.45, 2.75) is 19.4 Å². The van der Waals surface area contributed by atoms with Crippen LogP contribution in [0, 0.1) is 3.57 Å². The van der Waals surface area contributed by atoms with Crippen molar-refractivity contribution in [2.24, 2.45) is 0 Å². The molecule has 1 unspecified atom stereocenters. The molecule has 6 heteroatoms. The molecule has 1 aromatic heterocycles. The Balaban J connectivity index is 2.43. The Bertz CT molecular complexity index is 583. The summed E-state index contributed by atoms with van der Waals surface area (Å²) in [5, 5.41) is 3.62. The average molecular weight is 549 g/mol. The first-order valence-electron chi connectivity index (χ1n) is 6.16. The summed E-state index contributed by atoms with van der Waals surface area (Å²) in [5.74, 6) is 0. The Morgan fingerprint density at radius 3 is 2.70 bits per heavy atom. The molecule has 1 aromatic carbocycles. The second kappa shape index (κ2) is 7.92. The molecule has 1 heterocycles. The van der Waals surface area contributed by atoms with Crippen LogP contribution in [0.4, 0.5) is 0 Å². The van der Waals surface area contributed by atoms with Crippen molar-refractivity contribution in [3.63, 3.8) is 0 Å². The molecule has 1 N–H and O–H groups in total. The van der Waals surface area contributed by atoms with Crippen LogP contribution < -0.4 is 5.32 Å². The standard InChI is InChI=1S/C14H13Br2ClINS/c1-2-5-19-13(12-7-10(16)14(17)20-12)9-6-8(15)3-4-11(9)18/h3-4,6-7,13,19H,2,5H2,1H3. The lowest BCUT2D eigenvalue weighted by atomic mass is 10.1. The minimum atomic E-state index is 0.174. The third-order valence-electron chi connectivity index (χ3n) is 2.82. The van der Waals surface area contributed by atoms with Gasteiger partial charge in [0.05, 0.1) is 6.04 Å². The first-order valence-corrected chi connectivity index (χ1v) is 10.0. The second-order valence-corrected chi connectivity index (χ2v) is 8.94. The van der Waals surface area contributed by atoms with Crippen molar-refractivity contribution in [3.05, 3.63) is 51.6 Å². The normalized spacial score (nSPS) is 12.7. The Labute approximate surface area is 158 Å². The van der Waals surface area contributed by atoms with Gasteiger partial charge in [0.2, 0.25) is 0 Å². The number of thiophene rings is 1. The van der Waals surface area contributed by atoms with Crippen LogP contribution in [-0.2, 0) is 0 Å². The molecule has 0 aliphatic heterocycles. The van der Waals surface area contributed by atoms with Crippen LogP contribution in [0.25, 0.3) is 0 Å². The molecule has 0 bridgehead atoms. The first kappa shape index (κ1) is 17.2.